The van der Waals surface area contributed by atoms with Gasteiger partial charge in [-0.15, -0.1) is 11.8 Å². The van der Waals surface area contributed by atoms with Gasteiger partial charge in [-0.3, -0.25) is 14.5 Å². The van der Waals surface area contributed by atoms with Crippen LogP contribution >= 0.6 is 27.7 Å². The monoisotopic (exact) mass is 476 g/mol. The van der Waals surface area contributed by atoms with Crippen LogP contribution in [-0.4, -0.2) is 69.8 Å². The van der Waals surface area contributed by atoms with E-state index >= 15 is 0 Å². The van der Waals surface area contributed by atoms with Crippen LogP contribution in [0.2, 0.25) is 0 Å². The minimum absolute atomic E-state index is 0.00748. The van der Waals surface area contributed by atoms with Crippen molar-refractivity contribution in [1.82, 2.24) is 10.2 Å². The van der Waals surface area contributed by atoms with Crippen LogP contribution in [0.15, 0.2) is 11.3 Å². The molecule has 0 spiro atoms. The first kappa shape index (κ1) is 21.6. The van der Waals surface area contributed by atoms with Crippen LogP contribution in [0.4, 0.5) is 0 Å². The molecule has 28 heavy (non-hydrogen) atoms. The minimum Gasteiger partial charge on any atom is -0.455 e. The van der Waals surface area contributed by atoms with Gasteiger partial charge in [0.1, 0.15) is 22.7 Å². The number of rotatable bonds is 4. The third-order valence-corrected chi connectivity index (χ3v) is 6.27. The average molecular weight is 477 g/mol. The van der Waals surface area contributed by atoms with E-state index in [0.717, 1.165) is 6.42 Å². The Morgan fingerprint density at radius 1 is 1.39 bits per heavy atom. The van der Waals surface area contributed by atoms with E-state index in [2.05, 4.69) is 21.2 Å². The molecule has 2 amide bonds. The minimum atomic E-state index is -0.714. The van der Waals surface area contributed by atoms with Crippen molar-refractivity contribution in [1.29, 1.82) is 0 Å². The van der Waals surface area contributed by atoms with Gasteiger partial charge in [-0.05, 0) is 34.1 Å². The Labute approximate surface area is 176 Å². The molecule has 0 bridgehead atoms. The van der Waals surface area contributed by atoms with E-state index in [0.29, 0.717) is 17.9 Å². The van der Waals surface area contributed by atoms with Gasteiger partial charge < -0.3 is 19.5 Å². The fraction of sp³-hybridized carbons (Fsp3) is 0.722. The zero-order valence-electron chi connectivity index (χ0n) is 16.3. The predicted molar refractivity (Wildman–Crippen MR) is 107 cm³/mol. The van der Waals surface area contributed by atoms with E-state index < -0.39 is 23.9 Å². The van der Waals surface area contributed by atoms with Crippen molar-refractivity contribution in [3.63, 3.8) is 0 Å². The Morgan fingerprint density at radius 3 is 2.71 bits per heavy atom. The molecule has 3 aliphatic heterocycles. The van der Waals surface area contributed by atoms with Gasteiger partial charge in [0, 0.05) is 11.3 Å². The summed E-state index contributed by atoms with van der Waals surface area (Å²) in [6, 6.07) is -0.666. The lowest BCUT2D eigenvalue weighted by atomic mass is 10.0. The number of carbonyl (C=O) groups is 3. The molecule has 0 radical (unpaired) electrons. The van der Waals surface area contributed by atoms with Gasteiger partial charge in [-0.1, -0.05) is 15.9 Å². The first-order valence-corrected chi connectivity index (χ1v) is 11.3. The number of fused-ring (bicyclic) bond motifs is 1. The largest absolute Gasteiger partial charge is 0.455 e. The highest BCUT2D eigenvalue weighted by molar-refractivity contribution is 9.09. The van der Waals surface area contributed by atoms with Crippen LogP contribution < -0.4 is 5.32 Å². The topological polar surface area (TPSA) is 94.2 Å². The molecule has 10 heteroatoms. The maximum Gasteiger partial charge on any atom is 0.355 e. The van der Waals surface area contributed by atoms with Gasteiger partial charge >= 0.3 is 5.97 Å². The van der Waals surface area contributed by atoms with Crippen LogP contribution in [0.5, 0.6) is 0 Å². The maximum absolute atomic E-state index is 13.0. The Kier molecular flexibility index (Phi) is 6.43. The molecule has 0 saturated carbocycles. The molecule has 1 N–H and O–H groups in total. The molecule has 4 atom stereocenters. The first-order valence-electron chi connectivity index (χ1n) is 9.16. The zero-order valence-corrected chi connectivity index (χ0v) is 18.7. The second kappa shape index (κ2) is 8.33. The Morgan fingerprint density at radius 2 is 2.11 bits per heavy atom. The fourth-order valence-corrected chi connectivity index (χ4v) is 4.71. The molecule has 156 valence electrons. The van der Waals surface area contributed by atoms with E-state index in [1.54, 1.807) is 20.8 Å². The smallest absolute Gasteiger partial charge is 0.355 e. The Hall–Kier alpha value is -1.10. The van der Waals surface area contributed by atoms with Crippen LogP contribution in [0, 0.1) is 0 Å². The van der Waals surface area contributed by atoms with E-state index in [1.165, 1.54) is 16.7 Å². The number of hydrogen-bond acceptors (Lipinski definition) is 7. The summed E-state index contributed by atoms with van der Waals surface area (Å²) in [5.41, 5.74) is 0.0572. The SMILES string of the molecule is CC1CCOC(C2=C(C(=O)OC(C)(C)C)N3C(=O)C(NC(=O)CBr)[C@H]3SC2)O1. The number of esters is 1. The molecule has 3 rings (SSSR count). The van der Waals surface area contributed by atoms with E-state index in [1.807, 2.05) is 6.92 Å². The molecule has 0 aromatic heterocycles. The summed E-state index contributed by atoms with van der Waals surface area (Å²) < 4.78 is 17.2. The number of hydrogen-bond donors (Lipinski definition) is 1. The second-order valence-corrected chi connectivity index (χ2v) is 9.57. The fourth-order valence-electron chi connectivity index (χ4n) is 3.19. The number of thioether (sulfide) groups is 1. The Balaban J connectivity index is 1.91. The number of amides is 2. The number of carbonyl (C=O) groups excluding carboxylic acids is 3. The van der Waals surface area contributed by atoms with Crippen LogP contribution in [-0.2, 0) is 28.6 Å². The molecule has 0 aromatic rings. The number of alkyl halides is 1. The van der Waals surface area contributed by atoms with E-state index in [4.69, 9.17) is 14.2 Å². The lowest BCUT2D eigenvalue weighted by Crippen LogP contribution is -2.71. The first-order chi connectivity index (χ1) is 13.1. The number of β-lactam (4-membered cyclic amide) rings is 1. The van der Waals surface area contributed by atoms with Gasteiger partial charge in [-0.2, -0.15) is 0 Å². The molecule has 2 fully saturated rings. The van der Waals surface area contributed by atoms with Gasteiger partial charge in [0.2, 0.25) is 5.91 Å². The van der Waals surface area contributed by atoms with Gasteiger partial charge in [0.15, 0.2) is 6.29 Å². The molecule has 3 unspecified atom stereocenters. The summed E-state index contributed by atoms with van der Waals surface area (Å²) in [5, 5.41) is 2.44. The standard InChI is InChI=1S/C18H25BrN2O6S/c1-9-5-6-25-17(26-9)10-8-28-15-12(20-11(22)7-19)14(23)21(15)13(10)16(24)27-18(2,3)4/h9,12,15,17H,5-8H2,1-4H3,(H,20,22)/t9?,12?,15-,17?/m1/s1. The maximum atomic E-state index is 13.0. The number of halogens is 1. The summed E-state index contributed by atoms with van der Waals surface area (Å²) in [5.74, 6) is -0.758. The molecule has 0 aromatic carbocycles. The average Bonchev–Trinajstić information content (AvgIpc) is 2.63. The highest BCUT2D eigenvalue weighted by Gasteiger charge is 2.55. The van der Waals surface area contributed by atoms with Gasteiger partial charge in [0.25, 0.3) is 5.91 Å². The number of ether oxygens (including phenoxy) is 3. The summed E-state index contributed by atoms with van der Waals surface area (Å²) in [6.45, 7) is 7.78. The van der Waals surface area contributed by atoms with Crippen LogP contribution in [0.25, 0.3) is 0 Å². The van der Waals surface area contributed by atoms with Crippen molar-refractivity contribution in [2.24, 2.45) is 0 Å². The lowest BCUT2D eigenvalue weighted by molar-refractivity contribution is -0.189. The normalized spacial score (nSPS) is 30.5. The van der Waals surface area contributed by atoms with Crippen molar-refractivity contribution in [2.75, 3.05) is 17.7 Å². The molecule has 8 nitrogen and oxygen atoms in total. The van der Waals surface area contributed by atoms with Crippen molar-refractivity contribution in [3.8, 4) is 0 Å². The van der Waals surface area contributed by atoms with Crippen LogP contribution in [0.3, 0.4) is 0 Å². The van der Waals surface area contributed by atoms with Gasteiger partial charge in [-0.25, -0.2) is 4.79 Å². The van der Waals surface area contributed by atoms with Gasteiger partial charge in [0.05, 0.1) is 18.0 Å². The zero-order chi connectivity index (χ0) is 20.6. The number of nitrogens with one attached hydrogen (secondary N) is 1. The van der Waals surface area contributed by atoms with Crippen LogP contribution in [0.1, 0.15) is 34.1 Å². The summed E-state index contributed by atoms with van der Waals surface area (Å²) in [7, 11) is 0. The summed E-state index contributed by atoms with van der Waals surface area (Å²) in [6.07, 6.45) is 0.0700. The second-order valence-electron chi connectivity index (χ2n) is 7.90. The quantitative estimate of drug-likeness (QED) is 0.373. The van der Waals surface area contributed by atoms with Crippen molar-refractivity contribution < 1.29 is 28.6 Å². The molecular formula is C18H25BrN2O6S. The molecule has 2 saturated heterocycles. The molecule has 0 aliphatic carbocycles. The third-order valence-electron chi connectivity index (χ3n) is 4.46. The highest BCUT2D eigenvalue weighted by Crippen LogP contribution is 2.43. The third kappa shape index (κ3) is 4.39. The molecular weight excluding hydrogens is 452 g/mol. The van der Waals surface area contributed by atoms with Crippen molar-refractivity contribution in [3.05, 3.63) is 11.3 Å². The summed E-state index contributed by atoms with van der Waals surface area (Å²) in [4.78, 5) is 38.9. The molecule has 3 heterocycles. The van der Waals surface area contributed by atoms with Crippen molar-refractivity contribution in [2.45, 2.75) is 63.5 Å². The Bertz CT molecular complexity index is 707. The van der Waals surface area contributed by atoms with E-state index in [-0.39, 0.29) is 34.3 Å². The summed E-state index contributed by atoms with van der Waals surface area (Å²) >= 11 is 4.55. The van der Waals surface area contributed by atoms with Crippen molar-refractivity contribution >= 4 is 45.5 Å². The molecule has 3 aliphatic rings. The van der Waals surface area contributed by atoms with E-state index in [9.17, 15) is 14.4 Å². The highest BCUT2D eigenvalue weighted by atomic mass is 79.9. The predicted octanol–water partition coefficient (Wildman–Crippen LogP) is 1.53. The number of nitrogens with zero attached hydrogens (tertiary/aromatic N) is 1. The lowest BCUT2D eigenvalue weighted by Gasteiger charge is -2.50.